The molecule has 0 aromatic carbocycles. The average molecular weight is 213 g/mol. The summed E-state index contributed by atoms with van der Waals surface area (Å²) in [6, 6.07) is 0. The Morgan fingerprint density at radius 3 is 1.80 bits per heavy atom. The topological polar surface area (TPSA) is 38.3 Å². The minimum Gasteiger partial charge on any atom is -0.376 e. The maximum Gasteiger partial charge on any atom is 0.162 e. The van der Waals surface area contributed by atoms with E-state index in [1.807, 2.05) is 20.8 Å². The van der Waals surface area contributed by atoms with Crippen molar-refractivity contribution in [3.8, 4) is 0 Å². The minimum atomic E-state index is -0.462. The van der Waals surface area contributed by atoms with Crippen molar-refractivity contribution in [3.05, 3.63) is 0 Å². The van der Waals surface area contributed by atoms with Gasteiger partial charge in [0.25, 0.3) is 0 Å². The second-order valence-electron chi connectivity index (χ2n) is 6.53. The van der Waals surface area contributed by atoms with Gasteiger partial charge in [-0.05, 0) is 20.8 Å². The number of carbonyl (C=O) groups is 1. The van der Waals surface area contributed by atoms with Crippen molar-refractivity contribution < 1.29 is 9.53 Å². The number of nitrogens with one attached hydrogen (secondary N) is 1. The fourth-order valence-electron chi connectivity index (χ4n) is 2.00. The monoisotopic (exact) mass is 213 g/mol. The van der Waals surface area contributed by atoms with Gasteiger partial charge in [-0.2, -0.15) is 0 Å². The first-order chi connectivity index (χ1) is 6.57. The molecule has 0 atom stereocenters. The number of carbonyl (C=O) groups excluding carboxylic acids is 1. The number of hydrogen-bond acceptors (Lipinski definition) is 3. The van der Waals surface area contributed by atoms with Gasteiger partial charge in [-0.1, -0.05) is 20.8 Å². The first-order valence-electron chi connectivity index (χ1n) is 5.49. The molecule has 1 aliphatic rings. The summed E-state index contributed by atoms with van der Waals surface area (Å²) in [6.07, 6.45) is 0. The second-order valence-corrected chi connectivity index (χ2v) is 6.53. The molecule has 0 unspecified atom stereocenters. The van der Waals surface area contributed by atoms with E-state index in [2.05, 4.69) is 26.1 Å². The first kappa shape index (κ1) is 12.7. The predicted octanol–water partition coefficient (Wildman–Crippen LogP) is 1.76. The molecular weight excluding hydrogens is 190 g/mol. The Morgan fingerprint density at radius 2 is 1.60 bits per heavy atom. The molecule has 15 heavy (non-hydrogen) atoms. The summed E-state index contributed by atoms with van der Waals surface area (Å²) >= 11 is 0. The van der Waals surface area contributed by atoms with Crippen molar-refractivity contribution in [2.24, 2.45) is 5.41 Å². The number of rotatable bonds is 2. The summed E-state index contributed by atoms with van der Waals surface area (Å²) < 4.78 is 5.22. The van der Waals surface area contributed by atoms with Crippen LogP contribution in [0.1, 0.15) is 41.5 Å². The van der Waals surface area contributed by atoms with Crippen LogP contribution in [0.3, 0.4) is 0 Å². The van der Waals surface area contributed by atoms with Gasteiger partial charge >= 0.3 is 0 Å². The lowest BCUT2D eigenvalue weighted by Crippen LogP contribution is -2.71. The quantitative estimate of drug-likeness (QED) is 0.759. The Bertz CT molecular complexity index is 254. The van der Waals surface area contributed by atoms with E-state index in [9.17, 15) is 4.79 Å². The zero-order valence-electron chi connectivity index (χ0n) is 10.7. The van der Waals surface area contributed by atoms with Gasteiger partial charge in [0.15, 0.2) is 5.78 Å². The van der Waals surface area contributed by atoms with E-state index in [0.717, 1.165) is 0 Å². The molecule has 1 aliphatic heterocycles. The van der Waals surface area contributed by atoms with Crippen LogP contribution in [0.5, 0.6) is 0 Å². The second kappa shape index (κ2) is 3.56. The molecule has 0 aromatic heterocycles. The molecule has 0 bridgehead atoms. The fraction of sp³-hybridized carbons (Fsp3) is 0.917. The van der Waals surface area contributed by atoms with E-state index < -0.39 is 5.54 Å². The summed E-state index contributed by atoms with van der Waals surface area (Å²) in [4.78, 5) is 12.3. The lowest BCUT2D eigenvalue weighted by molar-refractivity contribution is -0.156. The Hall–Kier alpha value is -0.410. The van der Waals surface area contributed by atoms with E-state index in [1.165, 1.54) is 0 Å². The van der Waals surface area contributed by atoms with Crippen LogP contribution >= 0.6 is 0 Å². The smallest absolute Gasteiger partial charge is 0.162 e. The minimum absolute atomic E-state index is 0.0648. The molecule has 0 amide bonds. The molecular formula is C12H23NO2. The zero-order chi connectivity index (χ0) is 11.9. The molecule has 1 N–H and O–H groups in total. The van der Waals surface area contributed by atoms with Gasteiger partial charge in [-0.3, -0.25) is 10.1 Å². The van der Waals surface area contributed by atoms with Crippen LogP contribution in [-0.4, -0.2) is 30.1 Å². The molecule has 1 fully saturated rings. The van der Waals surface area contributed by atoms with E-state index >= 15 is 0 Å². The molecule has 1 heterocycles. The lowest BCUT2D eigenvalue weighted by Gasteiger charge is -2.47. The van der Waals surface area contributed by atoms with Gasteiger partial charge in [0, 0.05) is 11.0 Å². The van der Waals surface area contributed by atoms with Crippen molar-refractivity contribution in [1.29, 1.82) is 0 Å². The maximum atomic E-state index is 12.3. The van der Waals surface area contributed by atoms with Crippen molar-refractivity contribution in [2.45, 2.75) is 52.6 Å². The highest BCUT2D eigenvalue weighted by Crippen LogP contribution is 2.30. The Kier molecular flexibility index (Phi) is 3.01. The van der Waals surface area contributed by atoms with Crippen molar-refractivity contribution in [3.63, 3.8) is 0 Å². The van der Waals surface area contributed by atoms with Crippen molar-refractivity contribution >= 4 is 5.78 Å². The fourth-order valence-corrected chi connectivity index (χ4v) is 2.00. The molecule has 0 spiro atoms. The summed E-state index contributed by atoms with van der Waals surface area (Å²) in [5.41, 5.74) is -0.844. The third-order valence-corrected chi connectivity index (χ3v) is 2.43. The van der Waals surface area contributed by atoms with E-state index in [0.29, 0.717) is 13.2 Å². The van der Waals surface area contributed by atoms with Gasteiger partial charge < -0.3 is 4.74 Å². The van der Waals surface area contributed by atoms with Gasteiger partial charge in [-0.25, -0.2) is 0 Å². The van der Waals surface area contributed by atoms with Crippen molar-refractivity contribution in [2.75, 3.05) is 13.2 Å². The van der Waals surface area contributed by atoms with Crippen molar-refractivity contribution in [1.82, 2.24) is 5.32 Å². The van der Waals surface area contributed by atoms with Crippen LogP contribution in [-0.2, 0) is 9.53 Å². The van der Waals surface area contributed by atoms with Crippen LogP contribution < -0.4 is 5.32 Å². The number of Topliss-reactive ketones (excluding diaryl/α,β-unsaturated/α-hetero) is 1. The van der Waals surface area contributed by atoms with Crippen LogP contribution in [0.15, 0.2) is 0 Å². The number of hydrogen-bond donors (Lipinski definition) is 1. The first-order valence-corrected chi connectivity index (χ1v) is 5.49. The summed E-state index contributed by atoms with van der Waals surface area (Å²) in [7, 11) is 0. The zero-order valence-corrected chi connectivity index (χ0v) is 10.7. The molecule has 0 saturated carbocycles. The maximum absolute atomic E-state index is 12.3. The molecule has 1 rings (SSSR count). The molecule has 88 valence electrons. The van der Waals surface area contributed by atoms with E-state index in [4.69, 9.17) is 4.74 Å². The van der Waals surface area contributed by atoms with E-state index in [1.54, 1.807) is 0 Å². The highest BCUT2D eigenvalue weighted by Gasteiger charge is 2.50. The Labute approximate surface area is 92.6 Å². The summed E-state index contributed by atoms with van der Waals surface area (Å²) in [5, 5.41) is 3.40. The SMILES string of the molecule is CC(C)(C)NC1(C(=O)C(C)(C)C)COC1. The molecule has 1 saturated heterocycles. The molecule has 3 heteroatoms. The van der Waals surface area contributed by atoms with Gasteiger partial charge in [0.2, 0.25) is 0 Å². The van der Waals surface area contributed by atoms with Gasteiger partial charge in [-0.15, -0.1) is 0 Å². The normalized spacial score (nSPS) is 20.9. The highest BCUT2D eigenvalue weighted by molar-refractivity contribution is 5.93. The largest absolute Gasteiger partial charge is 0.376 e. The lowest BCUT2D eigenvalue weighted by atomic mass is 9.76. The third-order valence-electron chi connectivity index (χ3n) is 2.43. The summed E-state index contributed by atoms with van der Waals surface area (Å²) in [5.74, 6) is 0.246. The third kappa shape index (κ3) is 2.79. The molecule has 3 nitrogen and oxygen atoms in total. The standard InChI is InChI=1S/C12H23NO2/c1-10(2,3)9(14)12(7-15-8-12)13-11(4,5)6/h13H,7-8H2,1-6H3. The van der Waals surface area contributed by atoms with Gasteiger partial charge in [0.1, 0.15) is 5.54 Å². The predicted molar refractivity (Wildman–Crippen MR) is 60.9 cm³/mol. The van der Waals surface area contributed by atoms with Crippen LogP contribution in [0.25, 0.3) is 0 Å². The molecule has 0 aliphatic carbocycles. The van der Waals surface area contributed by atoms with Crippen LogP contribution in [0.4, 0.5) is 0 Å². The Balaban J connectivity index is 2.83. The summed E-state index contributed by atoms with van der Waals surface area (Å²) in [6.45, 7) is 13.1. The Morgan fingerprint density at radius 1 is 1.13 bits per heavy atom. The highest BCUT2D eigenvalue weighted by atomic mass is 16.5. The molecule has 0 aromatic rings. The average Bonchev–Trinajstić information content (AvgIpc) is 1.92. The number of ketones is 1. The van der Waals surface area contributed by atoms with E-state index in [-0.39, 0.29) is 16.7 Å². The van der Waals surface area contributed by atoms with Gasteiger partial charge in [0.05, 0.1) is 13.2 Å². The van der Waals surface area contributed by atoms with Crippen LogP contribution in [0, 0.1) is 5.41 Å². The number of ether oxygens (including phenoxy) is 1. The molecule has 0 radical (unpaired) electrons. The van der Waals surface area contributed by atoms with Crippen LogP contribution in [0.2, 0.25) is 0 Å².